The number of benzene rings is 2. The molecule has 0 aliphatic rings. The summed E-state index contributed by atoms with van der Waals surface area (Å²) in [4.78, 5) is 10.7. The monoisotopic (exact) mass is 387 g/mol. The standard InChI is InChI=1S/C19H11Cl2NO2S/c20-17-6-5-14(7-18(17)21)16-11-25-19(15(16)8-22)24-10-13-3-1-12(9-23)2-4-13/h1-7,9,11H,10H2. The molecule has 0 saturated heterocycles. The summed E-state index contributed by atoms with van der Waals surface area (Å²) in [5, 5.41) is 12.8. The van der Waals surface area contributed by atoms with Gasteiger partial charge in [-0.1, -0.05) is 53.5 Å². The molecule has 0 unspecified atom stereocenters. The second-order valence-corrected chi connectivity index (χ2v) is 6.86. The lowest BCUT2D eigenvalue weighted by atomic mass is 10.1. The molecule has 6 heteroatoms. The number of carbonyl (C=O) groups excluding carboxylic acids is 1. The minimum Gasteiger partial charge on any atom is -0.478 e. The molecule has 0 spiro atoms. The molecule has 0 amide bonds. The van der Waals surface area contributed by atoms with Crippen molar-refractivity contribution in [1.82, 2.24) is 0 Å². The Labute approximate surface area is 159 Å². The maximum Gasteiger partial charge on any atom is 0.192 e. The van der Waals surface area contributed by atoms with E-state index in [1.54, 1.807) is 24.3 Å². The smallest absolute Gasteiger partial charge is 0.192 e. The van der Waals surface area contributed by atoms with Crippen LogP contribution in [0.5, 0.6) is 5.06 Å². The number of aldehydes is 1. The average Bonchev–Trinajstić information content (AvgIpc) is 3.05. The molecule has 0 aliphatic heterocycles. The maximum atomic E-state index is 10.7. The Morgan fingerprint density at radius 2 is 1.88 bits per heavy atom. The SMILES string of the molecule is N#Cc1c(-c2ccc(Cl)c(Cl)c2)csc1OCc1ccc(C=O)cc1. The Bertz CT molecular complexity index is 959. The molecular weight excluding hydrogens is 377 g/mol. The van der Waals surface area contributed by atoms with Crippen LogP contribution in [0.25, 0.3) is 11.1 Å². The average molecular weight is 388 g/mol. The van der Waals surface area contributed by atoms with Gasteiger partial charge in [-0.05, 0) is 23.3 Å². The van der Waals surface area contributed by atoms with Gasteiger partial charge in [0.25, 0.3) is 0 Å². The Kier molecular flexibility index (Phi) is 5.40. The number of hydrogen-bond acceptors (Lipinski definition) is 4. The molecule has 0 aliphatic carbocycles. The van der Waals surface area contributed by atoms with Gasteiger partial charge in [-0.25, -0.2) is 0 Å². The third-order valence-corrected chi connectivity index (χ3v) is 5.21. The van der Waals surface area contributed by atoms with Gasteiger partial charge >= 0.3 is 0 Å². The first kappa shape index (κ1) is 17.5. The maximum absolute atomic E-state index is 10.7. The van der Waals surface area contributed by atoms with Gasteiger partial charge < -0.3 is 4.74 Å². The third-order valence-electron chi connectivity index (χ3n) is 3.59. The van der Waals surface area contributed by atoms with Crippen LogP contribution in [-0.4, -0.2) is 6.29 Å². The highest BCUT2D eigenvalue weighted by Gasteiger charge is 2.15. The van der Waals surface area contributed by atoms with E-state index < -0.39 is 0 Å². The number of ether oxygens (including phenoxy) is 1. The van der Waals surface area contributed by atoms with Crippen molar-refractivity contribution in [2.24, 2.45) is 0 Å². The molecule has 1 heterocycles. The summed E-state index contributed by atoms with van der Waals surface area (Å²) >= 11 is 13.4. The molecule has 0 bridgehead atoms. The largest absolute Gasteiger partial charge is 0.478 e. The topological polar surface area (TPSA) is 50.1 Å². The lowest BCUT2D eigenvalue weighted by Gasteiger charge is -2.06. The Hall–Kier alpha value is -2.32. The van der Waals surface area contributed by atoms with Crippen molar-refractivity contribution in [2.45, 2.75) is 6.61 Å². The van der Waals surface area contributed by atoms with Gasteiger partial charge in [0, 0.05) is 16.5 Å². The van der Waals surface area contributed by atoms with E-state index in [0.29, 0.717) is 32.8 Å². The summed E-state index contributed by atoms with van der Waals surface area (Å²) in [6.45, 7) is 0.315. The first-order chi connectivity index (χ1) is 12.1. The molecule has 0 radical (unpaired) electrons. The van der Waals surface area contributed by atoms with Gasteiger partial charge in [-0.2, -0.15) is 5.26 Å². The predicted octanol–water partition coefficient (Wildman–Crippen LogP) is 5.99. The van der Waals surface area contributed by atoms with Crippen LogP contribution in [0.15, 0.2) is 47.8 Å². The van der Waals surface area contributed by atoms with Crippen LogP contribution in [0.4, 0.5) is 0 Å². The van der Waals surface area contributed by atoms with Crippen molar-refractivity contribution in [1.29, 1.82) is 5.26 Å². The normalized spacial score (nSPS) is 10.3. The number of thiophene rings is 1. The molecule has 3 rings (SSSR count). The third kappa shape index (κ3) is 3.85. The van der Waals surface area contributed by atoms with E-state index in [1.165, 1.54) is 11.3 Å². The van der Waals surface area contributed by atoms with E-state index in [9.17, 15) is 10.1 Å². The molecule has 2 aromatic carbocycles. The summed E-state index contributed by atoms with van der Waals surface area (Å²) in [5.74, 6) is 0. The van der Waals surface area contributed by atoms with E-state index in [4.69, 9.17) is 27.9 Å². The van der Waals surface area contributed by atoms with E-state index >= 15 is 0 Å². The zero-order chi connectivity index (χ0) is 17.8. The highest BCUT2D eigenvalue weighted by atomic mass is 35.5. The number of hydrogen-bond donors (Lipinski definition) is 0. The van der Waals surface area contributed by atoms with Crippen LogP contribution >= 0.6 is 34.5 Å². The quantitative estimate of drug-likeness (QED) is 0.505. The first-order valence-corrected chi connectivity index (χ1v) is 8.90. The number of nitrogens with zero attached hydrogens (tertiary/aromatic N) is 1. The minimum absolute atomic E-state index is 0.315. The molecule has 0 saturated carbocycles. The van der Waals surface area contributed by atoms with E-state index in [-0.39, 0.29) is 0 Å². The lowest BCUT2D eigenvalue weighted by Crippen LogP contribution is -1.95. The number of rotatable bonds is 5. The minimum atomic E-state index is 0.315. The van der Waals surface area contributed by atoms with Gasteiger partial charge in [0.2, 0.25) is 0 Å². The van der Waals surface area contributed by atoms with E-state index in [1.807, 2.05) is 23.6 Å². The van der Waals surface area contributed by atoms with Gasteiger partial charge in [-0.3, -0.25) is 4.79 Å². The molecule has 25 heavy (non-hydrogen) atoms. The number of halogens is 2. The van der Waals surface area contributed by atoms with Crippen LogP contribution in [0, 0.1) is 11.3 Å². The second kappa shape index (κ2) is 7.71. The van der Waals surface area contributed by atoms with E-state index in [0.717, 1.165) is 23.0 Å². The Morgan fingerprint density at radius 1 is 1.12 bits per heavy atom. The molecule has 3 nitrogen and oxygen atoms in total. The fourth-order valence-electron chi connectivity index (χ4n) is 2.27. The zero-order valence-electron chi connectivity index (χ0n) is 12.8. The van der Waals surface area contributed by atoms with Crippen molar-refractivity contribution in [3.8, 4) is 22.3 Å². The van der Waals surface area contributed by atoms with Crippen LogP contribution in [0.1, 0.15) is 21.5 Å². The summed E-state index contributed by atoms with van der Waals surface area (Å²) in [6, 6.07) is 14.5. The highest BCUT2D eigenvalue weighted by Crippen LogP contribution is 2.38. The molecule has 0 fully saturated rings. The van der Waals surface area contributed by atoms with Crippen molar-refractivity contribution in [3.05, 3.63) is 74.6 Å². The Balaban J connectivity index is 1.83. The van der Waals surface area contributed by atoms with E-state index in [2.05, 4.69) is 6.07 Å². The molecular formula is C19H11Cl2NO2S. The molecule has 124 valence electrons. The van der Waals surface area contributed by atoms with Crippen LogP contribution < -0.4 is 4.74 Å². The Morgan fingerprint density at radius 3 is 2.52 bits per heavy atom. The molecule has 0 atom stereocenters. The zero-order valence-corrected chi connectivity index (χ0v) is 15.2. The molecule has 1 aromatic heterocycles. The van der Waals surface area contributed by atoms with Crippen LogP contribution in [0.3, 0.4) is 0 Å². The predicted molar refractivity (Wildman–Crippen MR) is 101 cm³/mol. The van der Waals surface area contributed by atoms with Gasteiger partial charge in [0.05, 0.1) is 10.0 Å². The van der Waals surface area contributed by atoms with Crippen molar-refractivity contribution >= 4 is 40.8 Å². The van der Waals surface area contributed by atoms with Gasteiger partial charge in [-0.15, -0.1) is 11.3 Å². The fourth-order valence-corrected chi connectivity index (χ4v) is 3.45. The van der Waals surface area contributed by atoms with Crippen molar-refractivity contribution in [3.63, 3.8) is 0 Å². The lowest BCUT2D eigenvalue weighted by molar-refractivity contribution is 0.112. The molecule has 3 aromatic rings. The van der Waals surface area contributed by atoms with Crippen molar-refractivity contribution < 1.29 is 9.53 Å². The van der Waals surface area contributed by atoms with Gasteiger partial charge in [0.15, 0.2) is 5.06 Å². The summed E-state index contributed by atoms with van der Waals surface area (Å²) in [5.41, 5.74) is 3.57. The summed E-state index contributed by atoms with van der Waals surface area (Å²) < 4.78 is 5.79. The van der Waals surface area contributed by atoms with Crippen LogP contribution in [0.2, 0.25) is 10.0 Å². The highest BCUT2D eigenvalue weighted by molar-refractivity contribution is 7.12. The number of nitriles is 1. The second-order valence-electron chi connectivity index (χ2n) is 5.20. The summed E-state index contributed by atoms with van der Waals surface area (Å²) in [7, 11) is 0. The summed E-state index contributed by atoms with van der Waals surface area (Å²) in [6.07, 6.45) is 0.793. The molecule has 0 N–H and O–H groups in total. The van der Waals surface area contributed by atoms with Gasteiger partial charge in [0.1, 0.15) is 24.5 Å². The fraction of sp³-hybridized carbons (Fsp3) is 0.0526. The van der Waals surface area contributed by atoms with Crippen molar-refractivity contribution in [2.75, 3.05) is 0 Å². The first-order valence-electron chi connectivity index (χ1n) is 7.26. The van der Waals surface area contributed by atoms with Crippen LogP contribution in [-0.2, 0) is 6.61 Å². The number of carbonyl (C=O) groups is 1.